The van der Waals surface area contributed by atoms with Crippen LogP contribution in [0.3, 0.4) is 0 Å². The maximum atomic E-state index is 11.8. The van der Waals surface area contributed by atoms with Gasteiger partial charge >= 0.3 is 0 Å². The smallest absolute Gasteiger partial charge is 0.241 e. The summed E-state index contributed by atoms with van der Waals surface area (Å²) in [4.78, 5) is 25.4. The summed E-state index contributed by atoms with van der Waals surface area (Å²) in [5.41, 5.74) is 0. The second-order valence-electron chi connectivity index (χ2n) is 4.74. The lowest BCUT2D eigenvalue weighted by molar-refractivity contribution is -0.134. The van der Waals surface area contributed by atoms with Crippen molar-refractivity contribution in [2.24, 2.45) is 0 Å². The summed E-state index contributed by atoms with van der Waals surface area (Å²) < 4.78 is 5.21. The van der Waals surface area contributed by atoms with Crippen LogP contribution in [0.2, 0.25) is 0 Å². The minimum absolute atomic E-state index is 0.0137. The largest absolute Gasteiger partial charge is 0.378 e. The first-order chi connectivity index (χ1) is 8.77. The molecule has 2 saturated heterocycles. The molecule has 0 saturated carbocycles. The van der Waals surface area contributed by atoms with E-state index in [9.17, 15) is 9.59 Å². The van der Waals surface area contributed by atoms with E-state index in [0.29, 0.717) is 19.8 Å². The molecule has 2 heterocycles. The Labute approximate surface area is 107 Å². The third-order valence-corrected chi connectivity index (χ3v) is 3.36. The summed E-state index contributed by atoms with van der Waals surface area (Å²) in [6.45, 7) is 3.42. The van der Waals surface area contributed by atoms with Gasteiger partial charge in [0.25, 0.3) is 0 Å². The number of ether oxygens (including phenoxy) is 1. The Morgan fingerprint density at radius 1 is 1.28 bits per heavy atom. The average molecular weight is 255 g/mol. The minimum atomic E-state index is -0.326. The molecule has 0 aromatic rings. The summed E-state index contributed by atoms with van der Waals surface area (Å²) in [5.74, 6) is -0.139. The molecule has 6 nitrogen and oxygen atoms in total. The molecule has 2 aliphatic rings. The molecular formula is C12H21N3O3. The zero-order chi connectivity index (χ0) is 12.8. The molecule has 0 aromatic heterocycles. The Morgan fingerprint density at radius 2 is 2.06 bits per heavy atom. The van der Waals surface area contributed by atoms with Gasteiger partial charge in [0.1, 0.15) is 6.04 Å². The van der Waals surface area contributed by atoms with Gasteiger partial charge in [-0.15, -0.1) is 0 Å². The Kier molecular flexibility index (Phi) is 4.95. The zero-order valence-corrected chi connectivity index (χ0v) is 10.6. The van der Waals surface area contributed by atoms with Gasteiger partial charge in [-0.05, 0) is 19.3 Å². The van der Waals surface area contributed by atoms with E-state index in [-0.39, 0.29) is 24.4 Å². The third kappa shape index (κ3) is 3.68. The van der Waals surface area contributed by atoms with Crippen LogP contribution in [-0.4, -0.2) is 62.1 Å². The highest BCUT2D eigenvalue weighted by molar-refractivity contribution is 5.87. The molecule has 2 fully saturated rings. The van der Waals surface area contributed by atoms with Crippen molar-refractivity contribution in [2.45, 2.75) is 25.3 Å². The standard InChI is InChI=1S/C12H21N3O3/c16-11(15-5-2-1-3-6-15)8-14-12(17)10-9-18-7-4-13-10/h10,13H,1-9H2,(H,14,17). The maximum Gasteiger partial charge on any atom is 0.241 e. The van der Waals surface area contributed by atoms with E-state index in [0.717, 1.165) is 25.9 Å². The molecule has 2 N–H and O–H groups in total. The number of amides is 2. The maximum absolute atomic E-state index is 11.8. The van der Waals surface area contributed by atoms with Gasteiger partial charge in [0.15, 0.2) is 0 Å². The molecule has 102 valence electrons. The van der Waals surface area contributed by atoms with Gasteiger partial charge in [0.05, 0.1) is 19.8 Å². The molecule has 6 heteroatoms. The van der Waals surface area contributed by atoms with E-state index in [1.54, 1.807) is 0 Å². The number of nitrogens with zero attached hydrogens (tertiary/aromatic N) is 1. The number of rotatable bonds is 3. The van der Waals surface area contributed by atoms with Crippen LogP contribution in [-0.2, 0) is 14.3 Å². The average Bonchev–Trinajstić information content (AvgIpc) is 2.46. The first-order valence-electron chi connectivity index (χ1n) is 6.64. The number of hydrogen-bond acceptors (Lipinski definition) is 4. The fraction of sp³-hybridized carbons (Fsp3) is 0.833. The molecule has 1 unspecified atom stereocenters. The summed E-state index contributed by atoms with van der Waals surface area (Å²) >= 11 is 0. The fourth-order valence-electron chi connectivity index (χ4n) is 2.27. The van der Waals surface area contributed by atoms with Crippen molar-refractivity contribution >= 4 is 11.8 Å². The SMILES string of the molecule is O=C(NCC(=O)N1CCCCC1)C1COCCN1. The van der Waals surface area contributed by atoms with Crippen molar-refractivity contribution in [3.05, 3.63) is 0 Å². The van der Waals surface area contributed by atoms with Crippen molar-refractivity contribution in [1.29, 1.82) is 0 Å². The number of nitrogens with one attached hydrogen (secondary N) is 2. The van der Waals surface area contributed by atoms with Gasteiger partial charge in [-0.1, -0.05) is 0 Å². The number of hydrogen-bond donors (Lipinski definition) is 2. The van der Waals surface area contributed by atoms with Crippen molar-refractivity contribution in [3.8, 4) is 0 Å². The van der Waals surface area contributed by atoms with Gasteiger partial charge < -0.3 is 20.3 Å². The predicted molar refractivity (Wildman–Crippen MR) is 66.1 cm³/mol. The van der Waals surface area contributed by atoms with Gasteiger partial charge in [-0.2, -0.15) is 0 Å². The Bertz CT molecular complexity index is 267. The van der Waals surface area contributed by atoms with Crippen LogP contribution in [0.1, 0.15) is 19.3 Å². The molecule has 0 bridgehead atoms. The van der Waals surface area contributed by atoms with Crippen LogP contribution in [0.15, 0.2) is 0 Å². The van der Waals surface area contributed by atoms with E-state index < -0.39 is 0 Å². The second kappa shape index (κ2) is 6.70. The van der Waals surface area contributed by atoms with Crippen molar-refractivity contribution in [2.75, 3.05) is 39.4 Å². The molecule has 18 heavy (non-hydrogen) atoms. The summed E-state index contributed by atoms with van der Waals surface area (Å²) in [6.07, 6.45) is 3.33. The molecule has 1 atom stereocenters. The molecule has 0 aromatic carbocycles. The number of carbonyl (C=O) groups is 2. The fourth-order valence-corrected chi connectivity index (χ4v) is 2.27. The molecule has 0 spiro atoms. The molecular weight excluding hydrogens is 234 g/mol. The topological polar surface area (TPSA) is 70.7 Å². The Morgan fingerprint density at radius 3 is 2.72 bits per heavy atom. The van der Waals surface area contributed by atoms with Gasteiger partial charge in [0, 0.05) is 19.6 Å². The van der Waals surface area contributed by atoms with Crippen LogP contribution < -0.4 is 10.6 Å². The number of carbonyl (C=O) groups excluding carboxylic acids is 2. The molecule has 0 radical (unpaired) electrons. The predicted octanol–water partition coefficient (Wildman–Crippen LogP) is -0.896. The van der Waals surface area contributed by atoms with E-state index in [2.05, 4.69) is 10.6 Å². The van der Waals surface area contributed by atoms with Crippen molar-refractivity contribution in [3.63, 3.8) is 0 Å². The highest BCUT2D eigenvalue weighted by atomic mass is 16.5. The van der Waals surface area contributed by atoms with Crippen LogP contribution in [0, 0.1) is 0 Å². The first kappa shape index (κ1) is 13.3. The van der Waals surface area contributed by atoms with Gasteiger partial charge in [-0.3, -0.25) is 9.59 Å². The van der Waals surface area contributed by atoms with Crippen molar-refractivity contribution < 1.29 is 14.3 Å². The molecule has 2 aliphatic heterocycles. The monoisotopic (exact) mass is 255 g/mol. The number of piperidine rings is 1. The summed E-state index contributed by atoms with van der Waals surface area (Å²) in [7, 11) is 0. The van der Waals surface area contributed by atoms with E-state index in [1.165, 1.54) is 6.42 Å². The Hall–Kier alpha value is -1.14. The summed E-state index contributed by atoms with van der Waals surface area (Å²) in [6, 6.07) is -0.326. The number of morpholine rings is 1. The first-order valence-corrected chi connectivity index (χ1v) is 6.64. The van der Waals surface area contributed by atoms with E-state index >= 15 is 0 Å². The molecule has 2 amide bonds. The molecule has 0 aliphatic carbocycles. The summed E-state index contributed by atoms with van der Waals surface area (Å²) in [5, 5.41) is 5.74. The highest BCUT2D eigenvalue weighted by Gasteiger charge is 2.22. The highest BCUT2D eigenvalue weighted by Crippen LogP contribution is 2.08. The lowest BCUT2D eigenvalue weighted by atomic mass is 10.1. The van der Waals surface area contributed by atoms with E-state index in [1.807, 2.05) is 4.90 Å². The lowest BCUT2D eigenvalue weighted by Gasteiger charge is -2.27. The zero-order valence-electron chi connectivity index (χ0n) is 10.6. The minimum Gasteiger partial charge on any atom is -0.378 e. The third-order valence-electron chi connectivity index (χ3n) is 3.36. The number of likely N-dealkylation sites (tertiary alicyclic amines) is 1. The van der Waals surface area contributed by atoms with Crippen LogP contribution >= 0.6 is 0 Å². The van der Waals surface area contributed by atoms with Crippen molar-refractivity contribution in [1.82, 2.24) is 15.5 Å². The van der Waals surface area contributed by atoms with E-state index in [4.69, 9.17) is 4.74 Å². The van der Waals surface area contributed by atoms with Crippen LogP contribution in [0.5, 0.6) is 0 Å². The molecule has 2 rings (SSSR count). The second-order valence-corrected chi connectivity index (χ2v) is 4.74. The van der Waals surface area contributed by atoms with Crippen LogP contribution in [0.25, 0.3) is 0 Å². The quantitative estimate of drug-likeness (QED) is 0.686. The van der Waals surface area contributed by atoms with Gasteiger partial charge in [-0.25, -0.2) is 0 Å². The van der Waals surface area contributed by atoms with Crippen LogP contribution in [0.4, 0.5) is 0 Å². The normalized spacial score (nSPS) is 24.7. The lowest BCUT2D eigenvalue weighted by Crippen LogP contribution is -2.53. The Balaban J connectivity index is 1.69. The van der Waals surface area contributed by atoms with Gasteiger partial charge in [0.2, 0.25) is 11.8 Å².